The van der Waals surface area contributed by atoms with Gasteiger partial charge in [-0.3, -0.25) is 4.79 Å². The van der Waals surface area contributed by atoms with Gasteiger partial charge >= 0.3 is 5.97 Å². The molecule has 192 valence electrons. The van der Waals surface area contributed by atoms with Crippen LogP contribution in [0.4, 0.5) is 0 Å². The van der Waals surface area contributed by atoms with Crippen molar-refractivity contribution in [3.8, 4) is 0 Å². The number of ketones is 1. The molecular formula is C29H52O4. The quantitative estimate of drug-likeness (QED) is 0.0719. The number of hydrogen-bond donors (Lipinski definition) is 1. The highest BCUT2D eigenvalue weighted by atomic mass is 16.5. The second-order valence-electron chi connectivity index (χ2n) is 9.21. The largest absolute Gasteiger partial charge is 0.463 e. The van der Waals surface area contributed by atoms with E-state index in [0.29, 0.717) is 6.42 Å². The first-order valence-electron chi connectivity index (χ1n) is 13.8. The van der Waals surface area contributed by atoms with Crippen molar-refractivity contribution in [2.24, 2.45) is 0 Å². The Kier molecular flexibility index (Phi) is 21.4. The Bertz CT molecular complexity index is 538. The summed E-state index contributed by atoms with van der Waals surface area (Å²) in [7, 11) is 0. The molecule has 0 saturated carbocycles. The lowest BCUT2D eigenvalue weighted by atomic mass is 9.89. The Morgan fingerprint density at radius 1 is 0.697 bits per heavy atom. The van der Waals surface area contributed by atoms with Crippen LogP contribution in [0.1, 0.15) is 136 Å². The summed E-state index contributed by atoms with van der Waals surface area (Å²) in [5, 5.41) is 10.8. The van der Waals surface area contributed by atoms with E-state index in [4.69, 9.17) is 4.74 Å². The Balaban J connectivity index is 4.03. The minimum absolute atomic E-state index is 0.162. The summed E-state index contributed by atoms with van der Waals surface area (Å²) in [6, 6.07) is 0. The molecule has 0 aliphatic rings. The fourth-order valence-corrected chi connectivity index (χ4v) is 3.73. The summed E-state index contributed by atoms with van der Waals surface area (Å²) in [4.78, 5) is 25.1. The fourth-order valence-electron chi connectivity index (χ4n) is 3.73. The first-order chi connectivity index (χ1) is 16.0. The number of carbonyl (C=O) groups is 2. The first kappa shape index (κ1) is 31.6. The van der Waals surface area contributed by atoms with Crippen LogP contribution in [0.5, 0.6) is 0 Å². The highest BCUT2D eigenvalue weighted by molar-refractivity contribution is 6.06. The van der Waals surface area contributed by atoms with Crippen LogP contribution in [0.2, 0.25) is 0 Å². The van der Waals surface area contributed by atoms with Crippen molar-refractivity contribution >= 4 is 11.8 Å². The highest BCUT2D eigenvalue weighted by Crippen LogP contribution is 2.22. The minimum atomic E-state index is -1.96. The van der Waals surface area contributed by atoms with E-state index in [1.54, 1.807) is 0 Å². The summed E-state index contributed by atoms with van der Waals surface area (Å²) in [6.45, 7) is 6.57. The van der Waals surface area contributed by atoms with Gasteiger partial charge < -0.3 is 9.84 Å². The first-order valence-corrected chi connectivity index (χ1v) is 13.8. The van der Waals surface area contributed by atoms with E-state index in [2.05, 4.69) is 38.2 Å². The van der Waals surface area contributed by atoms with E-state index >= 15 is 0 Å². The Hall–Kier alpha value is -1.42. The van der Waals surface area contributed by atoms with Gasteiger partial charge in [0.15, 0.2) is 5.78 Å². The number of esters is 1. The standard InChI is InChI=1S/C29H52O4/c1-4-7-10-11-12-13-14-15-16-17-18-19-20-21-22-24-27(30)29(32,25-9-6-3)28(31)33-26-23-8-5-2/h12-13,15-16,32H,4-11,14,17-26H2,1-3H3/b13-12-,16-15-. The van der Waals surface area contributed by atoms with Crippen LogP contribution in [-0.4, -0.2) is 29.1 Å². The van der Waals surface area contributed by atoms with Crippen LogP contribution >= 0.6 is 0 Å². The SMILES string of the molecule is CCCCC/C=C\C/C=C\CCCCCCCC(=O)C(O)(CCCC)C(=O)OCCCCC. The lowest BCUT2D eigenvalue weighted by Crippen LogP contribution is -2.47. The second-order valence-corrected chi connectivity index (χ2v) is 9.21. The number of unbranched alkanes of at least 4 members (excludes halogenated alkanes) is 11. The fraction of sp³-hybridized carbons (Fsp3) is 0.793. The van der Waals surface area contributed by atoms with Crippen LogP contribution in [-0.2, 0) is 14.3 Å². The van der Waals surface area contributed by atoms with Gasteiger partial charge in [-0.15, -0.1) is 0 Å². The minimum Gasteiger partial charge on any atom is -0.463 e. The Morgan fingerprint density at radius 3 is 1.88 bits per heavy atom. The molecule has 4 nitrogen and oxygen atoms in total. The van der Waals surface area contributed by atoms with Gasteiger partial charge in [-0.25, -0.2) is 4.79 Å². The molecule has 0 fully saturated rings. The van der Waals surface area contributed by atoms with Crippen molar-refractivity contribution in [3.63, 3.8) is 0 Å². The summed E-state index contributed by atoms with van der Waals surface area (Å²) >= 11 is 0. The molecular weight excluding hydrogens is 412 g/mol. The molecule has 0 bridgehead atoms. The molecule has 4 heteroatoms. The van der Waals surface area contributed by atoms with Gasteiger partial charge in [-0.05, 0) is 57.8 Å². The lowest BCUT2D eigenvalue weighted by Gasteiger charge is -2.24. The molecule has 1 atom stereocenters. The molecule has 0 aromatic heterocycles. The molecule has 0 heterocycles. The van der Waals surface area contributed by atoms with Crippen LogP contribution in [0.25, 0.3) is 0 Å². The Morgan fingerprint density at radius 2 is 1.24 bits per heavy atom. The van der Waals surface area contributed by atoms with Gasteiger partial charge in [0.1, 0.15) is 0 Å². The summed E-state index contributed by atoms with van der Waals surface area (Å²) in [5.41, 5.74) is -1.96. The topological polar surface area (TPSA) is 63.6 Å². The van der Waals surface area contributed by atoms with Crippen molar-refractivity contribution in [1.82, 2.24) is 0 Å². The van der Waals surface area contributed by atoms with Gasteiger partial charge in [0, 0.05) is 6.42 Å². The van der Waals surface area contributed by atoms with Gasteiger partial charge in [0.25, 0.3) is 0 Å². The molecule has 1 unspecified atom stereocenters. The zero-order chi connectivity index (χ0) is 24.6. The van der Waals surface area contributed by atoms with E-state index in [0.717, 1.165) is 70.6 Å². The summed E-state index contributed by atoms with van der Waals surface area (Å²) in [5.74, 6) is -1.12. The monoisotopic (exact) mass is 464 g/mol. The molecule has 0 amide bonds. The number of Topliss-reactive ketones (excluding diaryl/α,β-unsaturated/α-hetero) is 1. The maximum Gasteiger partial charge on any atom is 0.345 e. The molecule has 0 spiro atoms. The normalized spacial score (nSPS) is 13.6. The predicted octanol–water partition coefficient (Wildman–Crippen LogP) is 8.02. The zero-order valence-corrected chi connectivity index (χ0v) is 21.9. The van der Waals surface area contributed by atoms with Gasteiger partial charge in [0.05, 0.1) is 6.61 Å². The van der Waals surface area contributed by atoms with E-state index in [-0.39, 0.29) is 25.2 Å². The number of ether oxygens (including phenoxy) is 1. The van der Waals surface area contributed by atoms with Crippen LogP contribution in [0.3, 0.4) is 0 Å². The van der Waals surface area contributed by atoms with Gasteiger partial charge in [-0.1, -0.05) is 96.4 Å². The third-order valence-electron chi connectivity index (χ3n) is 6.03. The van der Waals surface area contributed by atoms with Crippen LogP contribution < -0.4 is 0 Å². The number of rotatable bonds is 23. The van der Waals surface area contributed by atoms with Crippen molar-refractivity contribution < 1.29 is 19.4 Å². The third kappa shape index (κ3) is 16.8. The maximum atomic E-state index is 12.7. The van der Waals surface area contributed by atoms with E-state index in [1.165, 1.54) is 25.7 Å². The molecule has 0 aliphatic carbocycles. The molecule has 0 rings (SSSR count). The van der Waals surface area contributed by atoms with Crippen LogP contribution in [0, 0.1) is 0 Å². The van der Waals surface area contributed by atoms with Crippen molar-refractivity contribution in [2.45, 2.75) is 142 Å². The number of aliphatic hydroxyl groups is 1. The molecule has 0 aliphatic heterocycles. The molecule has 0 radical (unpaired) electrons. The number of allylic oxidation sites excluding steroid dienone is 4. The smallest absolute Gasteiger partial charge is 0.345 e. The van der Waals surface area contributed by atoms with Gasteiger partial charge in [0.2, 0.25) is 5.60 Å². The highest BCUT2D eigenvalue weighted by Gasteiger charge is 2.43. The van der Waals surface area contributed by atoms with Crippen molar-refractivity contribution in [3.05, 3.63) is 24.3 Å². The van der Waals surface area contributed by atoms with Crippen molar-refractivity contribution in [1.29, 1.82) is 0 Å². The van der Waals surface area contributed by atoms with Gasteiger partial charge in [-0.2, -0.15) is 0 Å². The zero-order valence-electron chi connectivity index (χ0n) is 21.9. The average molecular weight is 465 g/mol. The molecule has 33 heavy (non-hydrogen) atoms. The maximum absolute atomic E-state index is 12.7. The summed E-state index contributed by atoms with van der Waals surface area (Å²) < 4.78 is 5.24. The molecule has 0 aromatic rings. The third-order valence-corrected chi connectivity index (χ3v) is 6.03. The lowest BCUT2D eigenvalue weighted by molar-refractivity contribution is -0.171. The molecule has 1 N–H and O–H groups in total. The van der Waals surface area contributed by atoms with E-state index < -0.39 is 11.6 Å². The molecule has 0 aromatic carbocycles. The molecule has 0 saturated heterocycles. The number of hydrogen-bond acceptors (Lipinski definition) is 4. The Labute approximate surface area is 204 Å². The van der Waals surface area contributed by atoms with E-state index in [9.17, 15) is 14.7 Å². The predicted molar refractivity (Wildman–Crippen MR) is 139 cm³/mol. The second kappa shape index (κ2) is 22.4. The average Bonchev–Trinajstić information content (AvgIpc) is 2.82. The summed E-state index contributed by atoms with van der Waals surface area (Å²) in [6.07, 6.45) is 25.9. The van der Waals surface area contributed by atoms with Crippen molar-refractivity contribution in [2.75, 3.05) is 6.61 Å². The van der Waals surface area contributed by atoms with Crippen LogP contribution in [0.15, 0.2) is 24.3 Å². The van der Waals surface area contributed by atoms with E-state index in [1.807, 2.05) is 6.92 Å². The number of carbonyl (C=O) groups excluding carboxylic acids is 2.